The number of aromatic nitrogens is 3. The van der Waals surface area contributed by atoms with Gasteiger partial charge in [-0.1, -0.05) is 46.4 Å². The Morgan fingerprint density at radius 2 is 1.77 bits per heavy atom. The summed E-state index contributed by atoms with van der Waals surface area (Å²) in [4.78, 5) is 15.6. The molecule has 4 rings (SSSR count). The van der Waals surface area contributed by atoms with Crippen molar-refractivity contribution in [2.75, 3.05) is 30.4 Å². The first-order valence-electron chi connectivity index (χ1n) is 12.3. The van der Waals surface area contributed by atoms with Gasteiger partial charge in [0, 0.05) is 48.8 Å². The highest BCUT2D eigenvalue weighted by Gasteiger charge is 2.20. The van der Waals surface area contributed by atoms with E-state index in [4.69, 9.17) is 9.84 Å². The Kier molecular flexibility index (Phi) is 14.2. The summed E-state index contributed by atoms with van der Waals surface area (Å²) < 4.78 is 5.41. The predicted octanol–water partition coefficient (Wildman–Crippen LogP) is 6.80. The van der Waals surface area contributed by atoms with Gasteiger partial charge in [-0.05, 0) is 50.1 Å². The van der Waals surface area contributed by atoms with Crippen LogP contribution >= 0.6 is 0 Å². The van der Waals surface area contributed by atoms with E-state index in [9.17, 15) is 0 Å². The summed E-state index contributed by atoms with van der Waals surface area (Å²) in [6.07, 6.45) is 10.6. The van der Waals surface area contributed by atoms with Gasteiger partial charge < -0.3 is 20.1 Å². The van der Waals surface area contributed by atoms with Crippen LogP contribution in [0.2, 0.25) is 0 Å². The summed E-state index contributed by atoms with van der Waals surface area (Å²) >= 11 is 0. The van der Waals surface area contributed by atoms with E-state index in [-0.39, 0.29) is 5.76 Å². The van der Waals surface area contributed by atoms with Crippen molar-refractivity contribution >= 4 is 22.5 Å². The van der Waals surface area contributed by atoms with Crippen LogP contribution < -0.4 is 15.0 Å². The lowest BCUT2D eigenvalue weighted by atomic mass is 10.0. The van der Waals surface area contributed by atoms with Crippen LogP contribution in [0, 0.1) is 0 Å². The molecule has 0 amide bonds. The van der Waals surface area contributed by atoms with Crippen LogP contribution in [0.4, 0.5) is 11.6 Å². The molecule has 3 heterocycles. The molecule has 0 aliphatic carbocycles. The second-order valence-electron chi connectivity index (χ2n) is 7.12. The Balaban J connectivity index is 0.000000531. The van der Waals surface area contributed by atoms with Crippen LogP contribution in [-0.4, -0.2) is 46.3 Å². The lowest BCUT2D eigenvalue weighted by Gasteiger charge is -2.33. The maximum Gasteiger partial charge on any atom is 0.223 e. The smallest absolute Gasteiger partial charge is 0.223 e. The minimum absolute atomic E-state index is 0.231. The maximum atomic E-state index is 8.41. The largest absolute Gasteiger partial charge is 0.508 e. The lowest BCUT2D eigenvalue weighted by Crippen LogP contribution is -2.39. The minimum Gasteiger partial charge on any atom is -0.508 e. The molecule has 35 heavy (non-hydrogen) atoms. The molecule has 0 atom stereocenters. The van der Waals surface area contributed by atoms with Gasteiger partial charge in [-0.15, -0.1) is 0 Å². The van der Waals surface area contributed by atoms with Crippen molar-refractivity contribution in [3.63, 3.8) is 0 Å². The average molecular weight is 480 g/mol. The predicted molar refractivity (Wildman–Crippen MR) is 148 cm³/mol. The Labute approximate surface area is 210 Å². The molecule has 190 valence electrons. The van der Waals surface area contributed by atoms with Crippen LogP contribution in [0.1, 0.15) is 47.5 Å². The summed E-state index contributed by atoms with van der Waals surface area (Å²) in [5.41, 5.74) is 2.08. The number of rotatable bonds is 5. The first kappa shape index (κ1) is 29.4. The first-order valence-corrected chi connectivity index (χ1v) is 12.3. The number of benzene rings is 1. The number of methoxy groups -OCH3 is 1. The summed E-state index contributed by atoms with van der Waals surface area (Å²) in [6.45, 7) is 15.1. The molecule has 1 fully saturated rings. The molecule has 0 bridgehead atoms. The van der Waals surface area contributed by atoms with Gasteiger partial charge in [-0.3, -0.25) is 4.98 Å². The third-order valence-corrected chi connectivity index (χ3v) is 5.15. The topological polar surface area (TPSA) is 83.4 Å². The Morgan fingerprint density at radius 3 is 2.31 bits per heavy atom. The van der Waals surface area contributed by atoms with E-state index in [1.165, 1.54) is 11.8 Å². The summed E-state index contributed by atoms with van der Waals surface area (Å²) in [6, 6.07) is 10.4. The number of ether oxygens (including phenoxy) is 1. The van der Waals surface area contributed by atoms with E-state index in [2.05, 4.69) is 43.9 Å². The molecule has 0 radical (unpaired) electrons. The number of allylic oxidation sites excluding steroid dienone is 2. The molecule has 1 saturated heterocycles. The number of piperidine rings is 1. The number of aliphatic hydroxyl groups is 1. The zero-order valence-electron chi connectivity index (χ0n) is 22.0. The molecule has 0 saturated carbocycles. The highest BCUT2D eigenvalue weighted by Crippen LogP contribution is 2.25. The van der Waals surface area contributed by atoms with Crippen molar-refractivity contribution in [1.82, 2.24) is 15.0 Å². The second-order valence-corrected chi connectivity index (χ2v) is 7.12. The van der Waals surface area contributed by atoms with E-state index >= 15 is 0 Å². The van der Waals surface area contributed by atoms with Crippen LogP contribution in [0.5, 0.6) is 5.75 Å². The number of aliphatic hydroxyl groups excluding tert-OH is 1. The number of para-hydroxylation sites is 1. The van der Waals surface area contributed by atoms with E-state index < -0.39 is 0 Å². The standard InChI is InChI=1S/C19H21N5O.C5H8O.2C2H6/c1-25-17-4-2-3-14-13-21-19(23-18(14)17)22-15-7-11-24(12-8-15)16-5-9-20-10-6-16;1-3-5(6)4-2;2*1-2/h2-6,9-10,13,15H,7-8,11-12H2,1H3,(H,21,22,23);3-4,6H,1H2,2H3;2*1-2H3/b;5-4+;;. The molecule has 0 unspecified atom stereocenters. The highest BCUT2D eigenvalue weighted by atomic mass is 16.5. The average Bonchev–Trinajstić information content (AvgIpc) is 2.95. The normalized spacial score (nSPS) is 13.2. The number of hydrogen-bond acceptors (Lipinski definition) is 7. The van der Waals surface area contributed by atoms with Crippen LogP contribution in [-0.2, 0) is 0 Å². The minimum atomic E-state index is 0.231. The van der Waals surface area contributed by atoms with Crippen molar-refractivity contribution in [2.45, 2.75) is 53.5 Å². The van der Waals surface area contributed by atoms with Gasteiger partial charge in [0.1, 0.15) is 17.0 Å². The van der Waals surface area contributed by atoms with Crippen molar-refractivity contribution < 1.29 is 9.84 Å². The molecule has 3 aromatic rings. The quantitative estimate of drug-likeness (QED) is 0.307. The Hall–Kier alpha value is -3.61. The van der Waals surface area contributed by atoms with Crippen molar-refractivity contribution in [2.24, 2.45) is 0 Å². The fourth-order valence-electron chi connectivity index (χ4n) is 3.40. The molecule has 7 nitrogen and oxygen atoms in total. The molecular formula is C28H41N5O2. The van der Waals surface area contributed by atoms with Crippen molar-refractivity contribution in [3.8, 4) is 5.75 Å². The third kappa shape index (κ3) is 9.27. The monoisotopic (exact) mass is 479 g/mol. The number of nitrogens with zero attached hydrogens (tertiary/aromatic N) is 4. The first-order chi connectivity index (χ1) is 17.1. The number of hydrogen-bond donors (Lipinski definition) is 2. The molecule has 1 aliphatic heterocycles. The highest BCUT2D eigenvalue weighted by molar-refractivity contribution is 5.84. The van der Waals surface area contributed by atoms with Gasteiger partial charge in [0.25, 0.3) is 0 Å². The van der Waals surface area contributed by atoms with Gasteiger partial charge in [0.05, 0.1) is 7.11 Å². The van der Waals surface area contributed by atoms with Crippen LogP contribution in [0.3, 0.4) is 0 Å². The molecule has 2 N–H and O–H groups in total. The Bertz CT molecular complexity index is 1020. The molecular weight excluding hydrogens is 438 g/mol. The fourth-order valence-corrected chi connectivity index (χ4v) is 3.40. The Morgan fingerprint density at radius 1 is 1.11 bits per heavy atom. The van der Waals surface area contributed by atoms with Crippen LogP contribution in [0.25, 0.3) is 10.9 Å². The molecule has 0 spiro atoms. The van der Waals surface area contributed by atoms with Gasteiger partial charge in [0.15, 0.2) is 0 Å². The summed E-state index contributed by atoms with van der Waals surface area (Å²) in [5.74, 6) is 1.67. The van der Waals surface area contributed by atoms with Gasteiger partial charge in [-0.2, -0.15) is 0 Å². The zero-order chi connectivity index (χ0) is 26.1. The SMILES string of the molecule is C=C/C(O)=C\C.CC.CC.COc1cccc2cnc(NC3CCN(c4ccncc4)CC3)nc12. The van der Waals surface area contributed by atoms with Crippen molar-refractivity contribution in [1.29, 1.82) is 0 Å². The number of anilines is 2. The fraction of sp³-hybridized carbons (Fsp3) is 0.393. The zero-order valence-corrected chi connectivity index (χ0v) is 22.0. The second kappa shape index (κ2) is 16.9. The molecule has 1 aliphatic rings. The third-order valence-electron chi connectivity index (χ3n) is 5.15. The number of nitrogens with one attached hydrogen (secondary N) is 1. The maximum absolute atomic E-state index is 8.41. The lowest BCUT2D eigenvalue weighted by molar-refractivity contribution is 0.419. The molecule has 1 aromatic carbocycles. The van der Waals surface area contributed by atoms with Gasteiger partial charge >= 0.3 is 0 Å². The van der Waals surface area contributed by atoms with Gasteiger partial charge in [0.2, 0.25) is 5.95 Å². The van der Waals surface area contributed by atoms with Gasteiger partial charge in [-0.25, -0.2) is 9.97 Å². The number of fused-ring (bicyclic) bond motifs is 1. The van der Waals surface area contributed by atoms with Crippen molar-refractivity contribution in [3.05, 3.63) is 73.4 Å². The number of pyridine rings is 1. The molecule has 7 heteroatoms. The molecule has 2 aromatic heterocycles. The van der Waals surface area contributed by atoms with E-state index in [1.54, 1.807) is 20.1 Å². The van der Waals surface area contributed by atoms with E-state index in [0.29, 0.717) is 12.0 Å². The summed E-state index contributed by atoms with van der Waals surface area (Å²) in [5, 5.41) is 12.9. The van der Waals surface area contributed by atoms with Crippen LogP contribution in [0.15, 0.2) is 73.4 Å². The van der Waals surface area contributed by atoms with E-state index in [0.717, 1.165) is 42.6 Å². The van der Waals surface area contributed by atoms with E-state index in [1.807, 2.05) is 64.5 Å². The summed E-state index contributed by atoms with van der Waals surface area (Å²) in [7, 11) is 1.67.